The van der Waals surface area contributed by atoms with Crippen LogP contribution in [0.4, 0.5) is 23.4 Å². The number of pyridine rings is 1. The van der Waals surface area contributed by atoms with E-state index in [1.807, 2.05) is 0 Å². The van der Waals surface area contributed by atoms with E-state index in [2.05, 4.69) is 10.3 Å². The third-order valence-corrected chi connectivity index (χ3v) is 4.43. The van der Waals surface area contributed by atoms with Gasteiger partial charge < -0.3 is 10.2 Å². The number of alkyl halides is 3. The summed E-state index contributed by atoms with van der Waals surface area (Å²) >= 11 is 0. The molecule has 1 N–H and O–H groups in total. The van der Waals surface area contributed by atoms with E-state index in [0.29, 0.717) is 5.56 Å². The largest absolute Gasteiger partial charge is 0.416 e. The second kappa shape index (κ2) is 6.98. The van der Waals surface area contributed by atoms with Crippen LogP contribution in [-0.2, 0) is 15.8 Å². The van der Waals surface area contributed by atoms with Crippen molar-refractivity contribution >= 4 is 17.6 Å². The molecule has 9 heteroatoms. The lowest BCUT2D eigenvalue weighted by Gasteiger charge is -2.17. The zero-order valence-electron chi connectivity index (χ0n) is 14.1. The van der Waals surface area contributed by atoms with Gasteiger partial charge in [-0.3, -0.25) is 9.59 Å². The quantitative estimate of drug-likeness (QED) is 0.505. The standard InChI is InChI=1S/C18H15F4N3O2/c1-25-9-12(10-5-7-11(8-6-10)18(20,21)22)15(17(25)27)16(26)24-14-4-2-3-13(19)23-14/h2-8,12,15H,9H2,1H3,(H,23,24,26)/t12-,15+/m1/s1. The number of amides is 2. The van der Waals surface area contributed by atoms with Gasteiger partial charge in [-0.05, 0) is 29.8 Å². The molecule has 0 spiro atoms. The molecule has 1 saturated heterocycles. The van der Waals surface area contributed by atoms with E-state index in [1.54, 1.807) is 0 Å². The molecule has 3 rings (SSSR count). The summed E-state index contributed by atoms with van der Waals surface area (Å²) in [6.45, 7) is 0.179. The van der Waals surface area contributed by atoms with Crippen LogP contribution in [-0.4, -0.2) is 35.3 Å². The van der Waals surface area contributed by atoms with Crippen LogP contribution in [0.3, 0.4) is 0 Å². The second-order valence-corrected chi connectivity index (χ2v) is 6.26. The molecule has 5 nitrogen and oxygen atoms in total. The number of rotatable bonds is 3. The van der Waals surface area contributed by atoms with E-state index in [4.69, 9.17) is 0 Å². The van der Waals surface area contributed by atoms with Crippen LogP contribution in [0.5, 0.6) is 0 Å². The first-order valence-electron chi connectivity index (χ1n) is 8.02. The molecule has 1 fully saturated rings. The predicted octanol–water partition coefficient (Wildman–Crippen LogP) is 3.05. The van der Waals surface area contributed by atoms with Gasteiger partial charge >= 0.3 is 6.18 Å². The van der Waals surface area contributed by atoms with Crippen LogP contribution in [0.15, 0.2) is 42.5 Å². The zero-order valence-corrected chi connectivity index (χ0v) is 14.1. The maximum absolute atomic E-state index is 13.2. The predicted molar refractivity (Wildman–Crippen MR) is 88.1 cm³/mol. The number of aromatic nitrogens is 1. The Morgan fingerprint density at radius 3 is 2.44 bits per heavy atom. The lowest BCUT2D eigenvalue weighted by atomic mass is 9.87. The fraction of sp³-hybridized carbons (Fsp3) is 0.278. The lowest BCUT2D eigenvalue weighted by molar-refractivity contribution is -0.138. The van der Waals surface area contributed by atoms with Gasteiger partial charge in [-0.25, -0.2) is 4.98 Å². The van der Waals surface area contributed by atoms with Gasteiger partial charge in [0.25, 0.3) is 0 Å². The van der Waals surface area contributed by atoms with Crippen molar-refractivity contribution in [1.29, 1.82) is 0 Å². The average molecular weight is 381 g/mol. The van der Waals surface area contributed by atoms with Gasteiger partial charge in [0.1, 0.15) is 11.7 Å². The van der Waals surface area contributed by atoms with Crippen molar-refractivity contribution in [1.82, 2.24) is 9.88 Å². The van der Waals surface area contributed by atoms with E-state index in [1.165, 1.54) is 36.2 Å². The Balaban J connectivity index is 1.85. The van der Waals surface area contributed by atoms with Crippen LogP contribution in [0.25, 0.3) is 0 Å². The van der Waals surface area contributed by atoms with Crippen molar-refractivity contribution < 1.29 is 27.2 Å². The Morgan fingerprint density at radius 1 is 1.19 bits per heavy atom. The first-order valence-corrected chi connectivity index (χ1v) is 8.02. The molecule has 2 heterocycles. The average Bonchev–Trinajstić information content (AvgIpc) is 2.89. The molecule has 0 saturated carbocycles. The summed E-state index contributed by atoms with van der Waals surface area (Å²) < 4.78 is 51.4. The molecule has 0 aliphatic carbocycles. The number of carbonyl (C=O) groups is 2. The highest BCUT2D eigenvalue weighted by atomic mass is 19.4. The van der Waals surface area contributed by atoms with Crippen LogP contribution in [0.2, 0.25) is 0 Å². The van der Waals surface area contributed by atoms with Crippen molar-refractivity contribution in [2.45, 2.75) is 12.1 Å². The van der Waals surface area contributed by atoms with E-state index in [9.17, 15) is 27.2 Å². The van der Waals surface area contributed by atoms with Crippen LogP contribution in [0, 0.1) is 11.9 Å². The van der Waals surface area contributed by atoms with Gasteiger partial charge in [0.05, 0.1) is 5.56 Å². The summed E-state index contributed by atoms with van der Waals surface area (Å²) in [4.78, 5) is 29.9. The third-order valence-electron chi connectivity index (χ3n) is 4.43. The third kappa shape index (κ3) is 3.91. The summed E-state index contributed by atoms with van der Waals surface area (Å²) in [5.74, 6) is -3.76. The van der Waals surface area contributed by atoms with Crippen molar-refractivity contribution in [2.24, 2.45) is 5.92 Å². The van der Waals surface area contributed by atoms with Gasteiger partial charge in [0, 0.05) is 19.5 Å². The van der Waals surface area contributed by atoms with E-state index < -0.39 is 41.3 Å². The molecule has 2 atom stereocenters. The highest BCUT2D eigenvalue weighted by Gasteiger charge is 2.44. The van der Waals surface area contributed by atoms with Crippen LogP contribution in [0.1, 0.15) is 17.0 Å². The minimum atomic E-state index is -4.47. The number of hydrogen-bond donors (Lipinski definition) is 1. The first-order chi connectivity index (χ1) is 12.7. The zero-order chi connectivity index (χ0) is 19.8. The molecule has 142 valence electrons. The number of anilines is 1. The molecule has 1 aromatic carbocycles. The molecular weight excluding hydrogens is 366 g/mol. The maximum atomic E-state index is 13.2. The van der Waals surface area contributed by atoms with Gasteiger partial charge in [-0.2, -0.15) is 17.6 Å². The Morgan fingerprint density at radius 2 is 1.85 bits per heavy atom. The fourth-order valence-corrected chi connectivity index (χ4v) is 3.09. The minimum Gasteiger partial charge on any atom is -0.344 e. The summed E-state index contributed by atoms with van der Waals surface area (Å²) in [5.41, 5.74) is -0.373. The minimum absolute atomic E-state index is 0.0477. The number of carbonyl (C=O) groups excluding carboxylic acids is 2. The highest BCUT2D eigenvalue weighted by Crippen LogP contribution is 2.36. The number of nitrogens with one attached hydrogen (secondary N) is 1. The Kier molecular flexibility index (Phi) is 4.86. The number of halogens is 4. The molecule has 27 heavy (non-hydrogen) atoms. The first kappa shape index (κ1) is 18.8. The second-order valence-electron chi connectivity index (χ2n) is 6.26. The normalized spacial score (nSPS) is 20.0. The summed E-state index contributed by atoms with van der Waals surface area (Å²) in [6.07, 6.45) is -4.47. The van der Waals surface area contributed by atoms with E-state index in [0.717, 1.165) is 18.2 Å². The highest BCUT2D eigenvalue weighted by molar-refractivity contribution is 6.08. The van der Waals surface area contributed by atoms with E-state index in [-0.39, 0.29) is 12.4 Å². The molecule has 2 aromatic rings. The number of hydrogen-bond acceptors (Lipinski definition) is 3. The number of likely N-dealkylation sites (N-methyl/N-ethyl adjacent to an activating group) is 1. The van der Waals surface area contributed by atoms with Crippen LogP contribution < -0.4 is 5.32 Å². The topological polar surface area (TPSA) is 62.3 Å². The van der Waals surface area contributed by atoms with Crippen molar-refractivity contribution in [2.75, 3.05) is 18.9 Å². The monoisotopic (exact) mass is 381 g/mol. The lowest BCUT2D eigenvalue weighted by Crippen LogP contribution is -2.33. The summed E-state index contributed by atoms with van der Waals surface area (Å²) in [5, 5.41) is 2.39. The van der Waals surface area contributed by atoms with Crippen molar-refractivity contribution in [3.8, 4) is 0 Å². The molecule has 1 aliphatic heterocycles. The van der Waals surface area contributed by atoms with Crippen molar-refractivity contribution in [3.05, 3.63) is 59.5 Å². The Labute approximate surface area is 152 Å². The summed E-state index contributed by atoms with van der Waals surface area (Å²) in [6, 6.07) is 8.20. The van der Waals surface area contributed by atoms with Gasteiger partial charge in [0.15, 0.2) is 0 Å². The molecule has 1 aromatic heterocycles. The van der Waals surface area contributed by atoms with E-state index >= 15 is 0 Å². The van der Waals surface area contributed by atoms with Crippen molar-refractivity contribution in [3.63, 3.8) is 0 Å². The fourth-order valence-electron chi connectivity index (χ4n) is 3.09. The number of likely N-dealkylation sites (tertiary alicyclic amines) is 1. The molecule has 0 bridgehead atoms. The molecule has 2 amide bonds. The van der Waals surface area contributed by atoms with Crippen LogP contribution >= 0.6 is 0 Å². The number of benzene rings is 1. The molecule has 1 aliphatic rings. The molecule has 0 radical (unpaired) electrons. The van der Waals surface area contributed by atoms with Gasteiger partial charge in [-0.15, -0.1) is 0 Å². The SMILES string of the molecule is CN1C[C@H](c2ccc(C(F)(F)F)cc2)[C@@H](C(=O)Nc2cccc(F)n2)C1=O. The number of nitrogens with zero attached hydrogens (tertiary/aromatic N) is 2. The Hall–Kier alpha value is -2.97. The van der Waals surface area contributed by atoms with Gasteiger partial charge in [-0.1, -0.05) is 18.2 Å². The molecular formula is C18H15F4N3O2. The Bertz CT molecular complexity index is 868. The maximum Gasteiger partial charge on any atom is 0.416 e. The summed E-state index contributed by atoms with van der Waals surface area (Å²) in [7, 11) is 1.51. The smallest absolute Gasteiger partial charge is 0.344 e. The molecule has 0 unspecified atom stereocenters. The van der Waals surface area contributed by atoms with Gasteiger partial charge in [0.2, 0.25) is 17.8 Å².